The summed E-state index contributed by atoms with van der Waals surface area (Å²) in [4.78, 5) is 23.4. The molecule has 1 aliphatic rings. The lowest BCUT2D eigenvalue weighted by Crippen LogP contribution is -2.30. The first kappa shape index (κ1) is 13.9. The maximum atomic E-state index is 11.8. The van der Waals surface area contributed by atoms with Gasteiger partial charge in [-0.05, 0) is 43.4 Å². The van der Waals surface area contributed by atoms with Crippen molar-refractivity contribution in [3.8, 4) is 5.75 Å². The second kappa shape index (κ2) is 5.72. The lowest BCUT2D eigenvalue weighted by Gasteiger charge is -2.21. The molecule has 0 unspecified atom stereocenters. The summed E-state index contributed by atoms with van der Waals surface area (Å²) < 4.78 is 11.0. The third-order valence-electron chi connectivity index (χ3n) is 3.96. The van der Waals surface area contributed by atoms with E-state index in [-0.39, 0.29) is 17.5 Å². The summed E-state index contributed by atoms with van der Waals surface area (Å²) >= 11 is 0. The molecule has 1 heterocycles. The highest BCUT2D eigenvalue weighted by Crippen LogP contribution is 2.26. The summed E-state index contributed by atoms with van der Waals surface area (Å²) in [5.41, 5.74) is 1.12. The van der Waals surface area contributed by atoms with Gasteiger partial charge in [0.05, 0.1) is 0 Å². The summed E-state index contributed by atoms with van der Waals surface area (Å²) in [6, 6.07) is 6.95. The Morgan fingerprint density at radius 1 is 1.24 bits per heavy atom. The highest BCUT2D eigenvalue weighted by molar-refractivity contribution is 5.84. The third-order valence-corrected chi connectivity index (χ3v) is 3.96. The van der Waals surface area contributed by atoms with Gasteiger partial charge in [-0.1, -0.05) is 6.92 Å². The number of ether oxygens (including phenoxy) is 1. The van der Waals surface area contributed by atoms with Crippen molar-refractivity contribution in [2.24, 2.45) is 0 Å². The number of fused-ring (bicyclic) bond motifs is 1. The molecule has 0 radical (unpaired) electrons. The Labute approximate surface area is 122 Å². The number of hydrogen-bond acceptors (Lipinski definition) is 4. The highest BCUT2D eigenvalue weighted by Gasteiger charge is 2.23. The van der Waals surface area contributed by atoms with Crippen LogP contribution in [0, 0.1) is 0 Å². The lowest BCUT2D eigenvalue weighted by atomic mass is 9.96. The maximum Gasteiger partial charge on any atom is 0.336 e. The van der Waals surface area contributed by atoms with E-state index >= 15 is 0 Å². The van der Waals surface area contributed by atoms with Gasteiger partial charge in [0.25, 0.3) is 0 Å². The molecule has 110 valence electrons. The fraction of sp³-hybridized carbons (Fsp3) is 0.412. The fourth-order valence-corrected chi connectivity index (χ4v) is 2.82. The molecular formula is C17H18O4. The lowest BCUT2D eigenvalue weighted by molar-refractivity contribution is -0.127. The van der Waals surface area contributed by atoms with E-state index in [4.69, 9.17) is 9.15 Å². The van der Waals surface area contributed by atoms with Crippen LogP contribution in [0.4, 0.5) is 0 Å². The van der Waals surface area contributed by atoms with Gasteiger partial charge >= 0.3 is 5.63 Å². The second-order valence-electron chi connectivity index (χ2n) is 5.42. The Morgan fingerprint density at radius 3 is 2.86 bits per heavy atom. The van der Waals surface area contributed by atoms with Gasteiger partial charge in [-0.3, -0.25) is 4.79 Å². The van der Waals surface area contributed by atoms with E-state index in [0.717, 1.165) is 36.6 Å². The molecule has 1 fully saturated rings. The Bertz CT molecular complexity index is 729. The molecule has 4 heteroatoms. The monoisotopic (exact) mass is 286 g/mol. The van der Waals surface area contributed by atoms with Crippen molar-refractivity contribution >= 4 is 16.8 Å². The van der Waals surface area contributed by atoms with E-state index in [1.165, 1.54) is 6.07 Å². The quantitative estimate of drug-likeness (QED) is 0.813. The molecule has 1 saturated carbocycles. The predicted octanol–water partition coefficient (Wildman–Crippen LogP) is 3.25. The van der Waals surface area contributed by atoms with E-state index in [9.17, 15) is 9.59 Å². The zero-order valence-electron chi connectivity index (χ0n) is 12.1. The minimum Gasteiger partial charge on any atom is -0.483 e. The van der Waals surface area contributed by atoms with Crippen LogP contribution in [0.2, 0.25) is 0 Å². The van der Waals surface area contributed by atoms with Crippen molar-refractivity contribution in [3.05, 3.63) is 40.2 Å². The first-order valence-electron chi connectivity index (χ1n) is 7.43. The van der Waals surface area contributed by atoms with Crippen LogP contribution in [-0.4, -0.2) is 11.9 Å². The normalized spacial score (nSPS) is 18.9. The number of carbonyl (C=O) groups excluding carboxylic acids is 1. The minimum atomic E-state index is -0.364. The van der Waals surface area contributed by atoms with Crippen molar-refractivity contribution in [1.29, 1.82) is 0 Å². The summed E-state index contributed by atoms with van der Waals surface area (Å²) in [5, 5.41) is 0.916. The van der Waals surface area contributed by atoms with Crippen LogP contribution in [0.1, 0.15) is 38.2 Å². The van der Waals surface area contributed by atoms with E-state index in [1.807, 2.05) is 19.1 Å². The Balaban J connectivity index is 1.93. The van der Waals surface area contributed by atoms with Crippen molar-refractivity contribution < 1.29 is 13.9 Å². The smallest absolute Gasteiger partial charge is 0.336 e. The molecule has 0 spiro atoms. The molecule has 0 amide bonds. The van der Waals surface area contributed by atoms with Crippen molar-refractivity contribution in [3.63, 3.8) is 0 Å². The van der Waals surface area contributed by atoms with Crippen molar-refractivity contribution in [1.82, 2.24) is 0 Å². The van der Waals surface area contributed by atoms with Crippen molar-refractivity contribution in [2.75, 3.05) is 0 Å². The molecule has 1 aromatic carbocycles. The van der Waals surface area contributed by atoms with Crippen LogP contribution in [0.3, 0.4) is 0 Å². The molecule has 3 rings (SSSR count). The van der Waals surface area contributed by atoms with E-state index in [0.29, 0.717) is 17.8 Å². The first-order valence-corrected chi connectivity index (χ1v) is 7.43. The van der Waals surface area contributed by atoms with E-state index < -0.39 is 0 Å². The summed E-state index contributed by atoms with van der Waals surface area (Å²) in [5.74, 6) is 0.740. The topological polar surface area (TPSA) is 56.5 Å². The minimum absolute atomic E-state index is 0.158. The SMILES string of the molecule is CCc1cc(=O)oc2cc(O[C@@H]3CCCCC3=O)ccc12. The van der Waals surface area contributed by atoms with Gasteiger partial charge in [-0.2, -0.15) is 0 Å². The third kappa shape index (κ3) is 2.84. The van der Waals surface area contributed by atoms with Gasteiger partial charge in [0.15, 0.2) is 11.9 Å². The number of carbonyl (C=O) groups is 1. The number of aryl methyl sites for hydroxylation is 1. The predicted molar refractivity (Wildman–Crippen MR) is 79.8 cm³/mol. The van der Waals surface area contributed by atoms with Gasteiger partial charge in [0, 0.05) is 23.9 Å². The maximum absolute atomic E-state index is 11.8. The number of benzene rings is 1. The Hall–Kier alpha value is -2.10. The number of rotatable bonds is 3. The van der Waals surface area contributed by atoms with Crippen LogP contribution in [0.5, 0.6) is 5.75 Å². The molecule has 0 aliphatic heterocycles. The van der Waals surface area contributed by atoms with Gasteiger partial charge in [0.1, 0.15) is 11.3 Å². The largest absolute Gasteiger partial charge is 0.483 e. The van der Waals surface area contributed by atoms with Crippen molar-refractivity contribution in [2.45, 2.75) is 45.1 Å². The number of ketones is 1. The van der Waals surface area contributed by atoms with Gasteiger partial charge < -0.3 is 9.15 Å². The number of hydrogen-bond donors (Lipinski definition) is 0. The van der Waals surface area contributed by atoms with Crippen LogP contribution in [-0.2, 0) is 11.2 Å². The van der Waals surface area contributed by atoms with Gasteiger partial charge in [-0.25, -0.2) is 4.79 Å². The van der Waals surface area contributed by atoms with Gasteiger partial charge in [-0.15, -0.1) is 0 Å². The highest BCUT2D eigenvalue weighted by atomic mass is 16.5. The number of Topliss-reactive ketones (excluding diaryl/α,β-unsaturated/α-hetero) is 1. The molecule has 21 heavy (non-hydrogen) atoms. The molecule has 1 aliphatic carbocycles. The Kier molecular flexibility index (Phi) is 3.78. The van der Waals surface area contributed by atoms with Gasteiger partial charge in [0.2, 0.25) is 0 Å². The molecular weight excluding hydrogens is 268 g/mol. The summed E-state index contributed by atoms with van der Waals surface area (Å²) in [6.07, 6.45) is 3.72. The van der Waals surface area contributed by atoms with Crippen LogP contribution in [0.25, 0.3) is 11.0 Å². The standard InChI is InChI=1S/C17H18O4/c1-2-11-9-17(19)21-16-10-12(7-8-13(11)16)20-15-6-4-3-5-14(15)18/h7-10,15H,2-6H2,1H3/t15-/m1/s1. The molecule has 0 N–H and O–H groups in total. The van der Waals surface area contributed by atoms with Crippen LogP contribution < -0.4 is 10.4 Å². The zero-order valence-corrected chi connectivity index (χ0v) is 12.1. The van der Waals surface area contributed by atoms with E-state index in [2.05, 4.69) is 0 Å². The molecule has 1 aromatic heterocycles. The molecule has 0 saturated heterocycles. The second-order valence-corrected chi connectivity index (χ2v) is 5.42. The molecule has 4 nitrogen and oxygen atoms in total. The Morgan fingerprint density at radius 2 is 2.10 bits per heavy atom. The van der Waals surface area contributed by atoms with Crippen LogP contribution >= 0.6 is 0 Å². The zero-order chi connectivity index (χ0) is 14.8. The summed E-state index contributed by atoms with van der Waals surface area (Å²) in [6.45, 7) is 2.00. The average Bonchev–Trinajstić information content (AvgIpc) is 2.48. The molecule has 0 bridgehead atoms. The average molecular weight is 286 g/mol. The molecule has 1 atom stereocenters. The fourth-order valence-electron chi connectivity index (χ4n) is 2.82. The summed E-state index contributed by atoms with van der Waals surface area (Å²) in [7, 11) is 0. The molecule has 2 aromatic rings. The van der Waals surface area contributed by atoms with Crippen LogP contribution in [0.15, 0.2) is 33.5 Å². The van der Waals surface area contributed by atoms with E-state index in [1.54, 1.807) is 6.07 Å². The first-order chi connectivity index (χ1) is 10.2.